The molecule has 0 radical (unpaired) electrons. The van der Waals surface area contributed by atoms with Crippen LogP contribution in [0, 0.1) is 24.7 Å². The number of rotatable bonds is 9. The average molecular weight is 398 g/mol. The van der Waals surface area contributed by atoms with Gasteiger partial charge in [0.1, 0.15) is 13.2 Å². The van der Waals surface area contributed by atoms with Gasteiger partial charge in [0.25, 0.3) is 0 Å². The molecule has 0 spiro atoms. The lowest BCUT2D eigenvalue weighted by Crippen LogP contribution is -2.02. The van der Waals surface area contributed by atoms with Crippen molar-refractivity contribution in [1.29, 1.82) is 0 Å². The Hall–Kier alpha value is -3.01. The summed E-state index contributed by atoms with van der Waals surface area (Å²) < 4.78 is 34.4. The minimum absolute atomic E-state index is 0.139. The summed E-state index contributed by atoms with van der Waals surface area (Å²) >= 11 is 0. The normalized spacial score (nSPS) is 11.2. The Morgan fingerprint density at radius 3 is 1.61 bits per heavy atom. The first kappa shape index (κ1) is 21.3. The van der Waals surface area contributed by atoms with Crippen LogP contribution >= 0.6 is 7.80 Å². The Kier molecular flexibility index (Phi) is 7.88. The highest BCUT2D eigenvalue weighted by atomic mass is 31.1. The van der Waals surface area contributed by atoms with E-state index < -0.39 is 7.80 Å². The highest BCUT2D eigenvalue weighted by molar-refractivity contribution is 7.44. The zero-order valence-corrected chi connectivity index (χ0v) is 17.2. The molecule has 0 aromatic heterocycles. The van der Waals surface area contributed by atoms with Crippen LogP contribution in [0.25, 0.3) is 0 Å². The fourth-order valence-electron chi connectivity index (χ4n) is 2.87. The lowest BCUT2D eigenvalue weighted by Gasteiger charge is -2.19. The molecule has 5 nitrogen and oxygen atoms in total. The summed E-state index contributed by atoms with van der Waals surface area (Å²) in [4.78, 5) is 0. The van der Waals surface area contributed by atoms with Gasteiger partial charge in [0, 0.05) is 0 Å². The molecular formula is C22H23O5P. The van der Waals surface area contributed by atoms with E-state index in [0.29, 0.717) is 23.0 Å². The smallest absolute Gasteiger partial charge is 0.162 e. The molecule has 2 aromatic carbocycles. The van der Waals surface area contributed by atoms with E-state index in [1.165, 1.54) is 0 Å². The molecule has 1 atom stereocenters. The van der Waals surface area contributed by atoms with Gasteiger partial charge in [-0.2, -0.15) is 0 Å². The third kappa shape index (κ3) is 5.03. The Balaban J connectivity index is 2.45. The van der Waals surface area contributed by atoms with Crippen molar-refractivity contribution in [2.45, 2.75) is 5.66 Å². The Bertz CT molecular complexity index is 854. The molecule has 1 unspecified atom stereocenters. The second kappa shape index (κ2) is 10.4. The fraction of sp³-hybridized carbons (Fsp3) is 0.273. The van der Waals surface area contributed by atoms with Crippen LogP contribution in [0.2, 0.25) is 0 Å². The predicted molar refractivity (Wildman–Crippen MR) is 111 cm³/mol. The van der Waals surface area contributed by atoms with Crippen molar-refractivity contribution in [3.05, 3.63) is 47.5 Å². The van der Waals surface area contributed by atoms with Crippen LogP contribution in [-0.2, 0) is 4.57 Å². The van der Waals surface area contributed by atoms with Gasteiger partial charge in [-0.25, -0.2) is 0 Å². The van der Waals surface area contributed by atoms with E-state index in [2.05, 4.69) is 11.8 Å². The minimum Gasteiger partial charge on any atom is -0.493 e. The van der Waals surface area contributed by atoms with E-state index in [-0.39, 0.29) is 18.9 Å². The lowest BCUT2D eigenvalue weighted by molar-refractivity contribution is 0.330. The average Bonchev–Trinajstić information content (AvgIpc) is 2.71. The van der Waals surface area contributed by atoms with Gasteiger partial charge in [-0.15, -0.1) is 12.8 Å². The highest BCUT2D eigenvalue weighted by Crippen LogP contribution is 2.47. The minimum atomic E-state index is -1.99. The quantitative estimate of drug-likeness (QED) is 0.472. The van der Waals surface area contributed by atoms with Gasteiger partial charge >= 0.3 is 0 Å². The molecule has 0 fully saturated rings. The molecule has 28 heavy (non-hydrogen) atoms. The number of terminal acetylenes is 2. The topological polar surface area (TPSA) is 54.0 Å². The van der Waals surface area contributed by atoms with Gasteiger partial charge in [0.15, 0.2) is 23.0 Å². The number of methoxy groups -OCH3 is 2. The van der Waals surface area contributed by atoms with E-state index in [0.717, 1.165) is 11.1 Å². The van der Waals surface area contributed by atoms with Crippen molar-refractivity contribution in [3.63, 3.8) is 0 Å². The molecule has 6 heteroatoms. The molecule has 0 saturated carbocycles. The van der Waals surface area contributed by atoms with Crippen LogP contribution in [0.3, 0.4) is 0 Å². The van der Waals surface area contributed by atoms with Crippen molar-refractivity contribution >= 4 is 7.80 Å². The Labute approximate surface area is 166 Å². The molecule has 0 aliphatic carbocycles. The molecular weight excluding hydrogens is 375 g/mol. The number of ether oxygens (including phenoxy) is 4. The van der Waals surface area contributed by atoms with E-state index in [1.807, 2.05) is 24.3 Å². The monoisotopic (exact) mass is 398 g/mol. The lowest BCUT2D eigenvalue weighted by atomic mass is 10.0. The second-order valence-corrected chi connectivity index (χ2v) is 7.65. The summed E-state index contributed by atoms with van der Waals surface area (Å²) in [5, 5.41) is 0. The zero-order chi connectivity index (χ0) is 20.5. The third-order valence-electron chi connectivity index (χ3n) is 4.07. The van der Waals surface area contributed by atoms with Crippen LogP contribution in [-0.4, -0.2) is 34.1 Å². The fourth-order valence-corrected chi connectivity index (χ4v) is 4.16. The van der Waals surface area contributed by atoms with Crippen molar-refractivity contribution < 1.29 is 23.5 Å². The van der Waals surface area contributed by atoms with Crippen LogP contribution in [0.1, 0.15) is 16.8 Å². The number of hydrogen-bond acceptors (Lipinski definition) is 5. The molecule has 2 rings (SSSR count). The van der Waals surface area contributed by atoms with E-state index in [1.54, 1.807) is 33.0 Å². The van der Waals surface area contributed by atoms with Crippen LogP contribution in [0.15, 0.2) is 36.4 Å². The SMILES string of the molecule is C#CCOc1ccc(C(c2ccc(OCC#C)c(OC)c2)[PH](C)=O)cc1OC. The second-order valence-electron chi connectivity index (χ2n) is 5.85. The maximum absolute atomic E-state index is 12.6. The summed E-state index contributed by atoms with van der Waals surface area (Å²) in [6, 6.07) is 10.9. The van der Waals surface area contributed by atoms with E-state index in [4.69, 9.17) is 31.8 Å². The highest BCUT2D eigenvalue weighted by Gasteiger charge is 2.21. The Morgan fingerprint density at radius 2 is 1.29 bits per heavy atom. The van der Waals surface area contributed by atoms with Gasteiger partial charge in [0.2, 0.25) is 0 Å². The van der Waals surface area contributed by atoms with Gasteiger partial charge < -0.3 is 23.5 Å². The first-order chi connectivity index (χ1) is 13.5. The van der Waals surface area contributed by atoms with Crippen molar-refractivity contribution in [3.8, 4) is 47.7 Å². The third-order valence-corrected chi connectivity index (χ3v) is 5.55. The van der Waals surface area contributed by atoms with Gasteiger partial charge in [-0.1, -0.05) is 24.0 Å². The largest absolute Gasteiger partial charge is 0.493 e. The van der Waals surface area contributed by atoms with Crippen molar-refractivity contribution in [1.82, 2.24) is 0 Å². The van der Waals surface area contributed by atoms with Gasteiger partial charge in [-0.05, 0) is 42.1 Å². The van der Waals surface area contributed by atoms with Gasteiger partial charge in [-0.3, -0.25) is 0 Å². The van der Waals surface area contributed by atoms with Crippen molar-refractivity contribution in [2.75, 3.05) is 34.1 Å². The summed E-state index contributed by atoms with van der Waals surface area (Å²) in [5.41, 5.74) is 1.36. The molecule has 0 amide bonds. The maximum atomic E-state index is 12.6. The van der Waals surface area contributed by atoms with Crippen LogP contribution < -0.4 is 18.9 Å². The molecule has 146 valence electrons. The molecule has 0 N–H and O–H groups in total. The standard InChI is InChI=1S/C22H23O5P/c1-6-12-26-18-10-8-16(14-20(18)24-3)22(28(5)23)17-9-11-19(27-13-7-2)21(15-17)25-4/h1-2,8-11,14-15,22,28H,12-13H2,3-5H3. The zero-order valence-electron chi connectivity index (χ0n) is 16.2. The predicted octanol–water partition coefficient (Wildman–Crippen LogP) is 4.01. The first-order valence-electron chi connectivity index (χ1n) is 8.54. The molecule has 0 heterocycles. The number of benzene rings is 2. The molecule has 0 aliphatic heterocycles. The van der Waals surface area contributed by atoms with Crippen LogP contribution in [0.4, 0.5) is 0 Å². The summed E-state index contributed by atoms with van der Waals surface area (Å²) in [6.07, 6.45) is 10.5. The molecule has 0 bridgehead atoms. The maximum Gasteiger partial charge on any atom is 0.162 e. The first-order valence-corrected chi connectivity index (χ1v) is 10.5. The van der Waals surface area contributed by atoms with Crippen LogP contribution in [0.5, 0.6) is 23.0 Å². The summed E-state index contributed by atoms with van der Waals surface area (Å²) in [7, 11) is 1.10. The van der Waals surface area contributed by atoms with E-state index in [9.17, 15) is 4.57 Å². The van der Waals surface area contributed by atoms with Gasteiger partial charge in [0.05, 0.1) is 27.7 Å². The molecule has 0 saturated heterocycles. The van der Waals surface area contributed by atoms with E-state index >= 15 is 0 Å². The summed E-state index contributed by atoms with van der Waals surface area (Å²) in [5.74, 6) is 6.97. The molecule has 0 aliphatic rings. The Morgan fingerprint density at radius 1 is 0.857 bits per heavy atom. The molecule has 2 aromatic rings. The summed E-state index contributed by atoms with van der Waals surface area (Å²) in [6.45, 7) is 2.00. The van der Waals surface area contributed by atoms with Crippen molar-refractivity contribution in [2.24, 2.45) is 0 Å². The number of hydrogen-bond donors (Lipinski definition) is 0.